The molecule has 0 aliphatic carbocycles. The highest BCUT2D eigenvalue weighted by molar-refractivity contribution is 5.94. The lowest BCUT2D eigenvalue weighted by Gasteiger charge is -2.37. The molecule has 2 aliphatic rings. The highest BCUT2D eigenvalue weighted by Crippen LogP contribution is 2.11. The van der Waals surface area contributed by atoms with E-state index in [1.165, 1.54) is 6.42 Å². The Labute approximate surface area is 192 Å². The van der Waals surface area contributed by atoms with Crippen LogP contribution >= 0.6 is 0 Å². The largest absolute Gasteiger partial charge is 0.357 e. The van der Waals surface area contributed by atoms with Gasteiger partial charge in [0.05, 0.1) is 6.54 Å². The number of aliphatic imine (C=N–C) groups is 1. The molecule has 0 bridgehead atoms. The number of rotatable bonds is 7. The zero-order valence-corrected chi connectivity index (χ0v) is 19.6. The minimum atomic E-state index is -0.0691. The van der Waals surface area contributed by atoms with Gasteiger partial charge in [0.2, 0.25) is 5.91 Å². The molecule has 2 N–H and O–H groups in total. The summed E-state index contributed by atoms with van der Waals surface area (Å²) in [5, 5.41) is 6.07. The van der Waals surface area contributed by atoms with Gasteiger partial charge in [-0.15, -0.1) is 0 Å². The van der Waals surface area contributed by atoms with Gasteiger partial charge < -0.3 is 20.4 Å². The summed E-state index contributed by atoms with van der Waals surface area (Å²) in [4.78, 5) is 35.8. The van der Waals surface area contributed by atoms with Crippen LogP contribution < -0.4 is 10.6 Å². The minimum absolute atomic E-state index is 0.0691. The second kappa shape index (κ2) is 12.4. The first-order valence-corrected chi connectivity index (χ1v) is 11.9. The lowest BCUT2D eigenvalue weighted by molar-refractivity contribution is -0.133. The van der Waals surface area contributed by atoms with Gasteiger partial charge in [-0.25, -0.2) is 0 Å². The normalized spacial score (nSPS) is 17.9. The van der Waals surface area contributed by atoms with Crippen LogP contribution in [0.3, 0.4) is 0 Å². The van der Waals surface area contributed by atoms with E-state index in [4.69, 9.17) is 4.99 Å². The van der Waals surface area contributed by atoms with E-state index in [1.54, 1.807) is 7.05 Å². The van der Waals surface area contributed by atoms with Crippen LogP contribution in [0.1, 0.15) is 42.1 Å². The van der Waals surface area contributed by atoms with Gasteiger partial charge in [0.1, 0.15) is 0 Å². The predicted octanol–water partition coefficient (Wildman–Crippen LogP) is 1.18. The Kier molecular flexibility index (Phi) is 9.34. The molecule has 2 heterocycles. The van der Waals surface area contributed by atoms with E-state index in [0.717, 1.165) is 76.6 Å². The van der Waals surface area contributed by atoms with Crippen molar-refractivity contribution >= 4 is 17.8 Å². The Bertz CT molecular complexity index is 782. The fraction of sp³-hybridized carbons (Fsp3) is 0.625. The van der Waals surface area contributed by atoms with Crippen LogP contribution in [-0.4, -0.2) is 98.4 Å². The zero-order valence-electron chi connectivity index (χ0n) is 19.6. The molecular formula is C24H38N6O2. The van der Waals surface area contributed by atoms with Gasteiger partial charge in [0, 0.05) is 65.0 Å². The molecule has 8 nitrogen and oxygen atoms in total. The van der Waals surface area contributed by atoms with Gasteiger partial charge in [-0.1, -0.05) is 12.1 Å². The van der Waals surface area contributed by atoms with E-state index < -0.39 is 0 Å². The molecule has 2 amide bonds. The van der Waals surface area contributed by atoms with Crippen molar-refractivity contribution in [3.63, 3.8) is 0 Å². The van der Waals surface area contributed by atoms with E-state index in [9.17, 15) is 9.59 Å². The van der Waals surface area contributed by atoms with Crippen molar-refractivity contribution in [2.24, 2.45) is 4.99 Å². The second-order valence-electron chi connectivity index (χ2n) is 8.47. The van der Waals surface area contributed by atoms with E-state index in [1.807, 2.05) is 29.2 Å². The molecule has 0 atom stereocenters. The van der Waals surface area contributed by atoms with Crippen molar-refractivity contribution < 1.29 is 9.59 Å². The molecule has 0 spiro atoms. The number of guanidine groups is 1. The van der Waals surface area contributed by atoms with E-state index in [0.29, 0.717) is 18.7 Å². The average Bonchev–Trinajstić information content (AvgIpc) is 2.84. The van der Waals surface area contributed by atoms with Crippen molar-refractivity contribution in [1.29, 1.82) is 0 Å². The van der Waals surface area contributed by atoms with Crippen molar-refractivity contribution in [3.8, 4) is 0 Å². The molecule has 0 aromatic heterocycles. The Hall–Kier alpha value is -2.61. The average molecular weight is 443 g/mol. The number of hydrogen-bond donors (Lipinski definition) is 2. The highest BCUT2D eigenvalue weighted by atomic mass is 16.2. The number of amides is 2. The third-order valence-corrected chi connectivity index (χ3v) is 6.15. The molecule has 8 heteroatoms. The number of carbonyl (C=O) groups is 2. The second-order valence-corrected chi connectivity index (χ2v) is 8.47. The van der Waals surface area contributed by atoms with Gasteiger partial charge >= 0.3 is 0 Å². The maximum Gasteiger partial charge on any atom is 0.251 e. The van der Waals surface area contributed by atoms with Crippen LogP contribution in [0.2, 0.25) is 0 Å². The highest BCUT2D eigenvalue weighted by Gasteiger charge is 2.24. The standard InChI is InChI=1S/C24H38N6O2/c1-3-26-24(27-11-10-20-8-7-9-21(18-20)23(32)25-2)30-16-14-28(15-17-30)19-22(31)29-12-5-4-6-13-29/h7-9,18H,3-6,10-17,19H2,1-2H3,(H,25,32)(H,26,27). The number of hydrogen-bond acceptors (Lipinski definition) is 4. The lowest BCUT2D eigenvalue weighted by Crippen LogP contribution is -2.54. The molecule has 1 aromatic carbocycles. The summed E-state index contributed by atoms with van der Waals surface area (Å²) >= 11 is 0. The van der Waals surface area contributed by atoms with Gasteiger partial charge in [0.25, 0.3) is 5.91 Å². The van der Waals surface area contributed by atoms with Gasteiger partial charge in [-0.3, -0.25) is 19.5 Å². The van der Waals surface area contributed by atoms with Crippen molar-refractivity contribution in [2.45, 2.75) is 32.6 Å². The molecule has 3 rings (SSSR count). The van der Waals surface area contributed by atoms with Crippen LogP contribution in [0.15, 0.2) is 29.3 Å². The maximum atomic E-state index is 12.6. The molecule has 176 valence electrons. The first-order chi connectivity index (χ1) is 15.6. The molecule has 0 radical (unpaired) electrons. The number of carbonyl (C=O) groups excluding carboxylic acids is 2. The monoisotopic (exact) mass is 442 g/mol. The summed E-state index contributed by atoms with van der Waals surface area (Å²) in [5.41, 5.74) is 1.78. The molecule has 2 aliphatic heterocycles. The Morgan fingerprint density at radius 1 is 1.00 bits per heavy atom. The number of piperidine rings is 1. The summed E-state index contributed by atoms with van der Waals surface area (Å²) in [5.74, 6) is 1.13. The van der Waals surface area contributed by atoms with Crippen LogP contribution in [0.5, 0.6) is 0 Å². The molecule has 32 heavy (non-hydrogen) atoms. The number of benzene rings is 1. The SMILES string of the molecule is CCNC(=NCCc1cccc(C(=O)NC)c1)N1CCN(CC(=O)N2CCCCC2)CC1. The summed E-state index contributed by atoms with van der Waals surface area (Å²) in [6.45, 7) is 9.40. The number of nitrogens with one attached hydrogen (secondary N) is 2. The van der Waals surface area contributed by atoms with E-state index >= 15 is 0 Å². The van der Waals surface area contributed by atoms with Crippen LogP contribution in [0.4, 0.5) is 0 Å². The van der Waals surface area contributed by atoms with Crippen molar-refractivity contribution in [1.82, 2.24) is 25.3 Å². The summed E-state index contributed by atoms with van der Waals surface area (Å²) < 4.78 is 0. The molecule has 0 unspecified atom stereocenters. The van der Waals surface area contributed by atoms with Gasteiger partial charge in [0.15, 0.2) is 5.96 Å². The van der Waals surface area contributed by atoms with E-state index in [2.05, 4.69) is 27.4 Å². The quantitative estimate of drug-likeness (QED) is 0.490. The summed E-state index contributed by atoms with van der Waals surface area (Å²) in [7, 11) is 1.64. The summed E-state index contributed by atoms with van der Waals surface area (Å²) in [6.07, 6.45) is 4.30. The Balaban J connectivity index is 1.48. The minimum Gasteiger partial charge on any atom is -0.357 e. The number of likely N-dealkylation sites (tertiary alicyclic amines) is 1. The first-order valence-electron chi connectivity index (χ1n) is 11.9. The van der Waals surface area contributed by atoms with Crippen molar-refractivity contribution in [3.05, 3.63) is 35.4 Å². The molecule has 1 aromatic rings. The smallest absolute Gasteiger partial charge is 0.251 e. The third-order valence-electron chi connectivity index (χ3n) is 6.15. The Morgan fingerprint density at radius 3 is 2.44 bits per heavy atom. The third kappa shape index (κ3) is 6.95. The topological polar surface area (TPSA) is 80.3 Å². The molecule has 2 fully saturated rings. The van der Waals surface area contributed by atoms with E-state index in [-0.39, 0.29) is 11.8 Å². The Morgan fingerprint density at radius 2 is 1.75 bits per heavy atom. The zero-order chi connectivity index (χ0) is 22.8. The van der Waals surface area contributed by atoms with Crippen LogP contribution in [-0.2, 0) is 11.2 Å². The molecule has 0 saturated carbocycles. The number of nitrogens with zero attached hydrogens (tertiary/aromatic N) is 4. The lowest BCUT2D eigenvalue weighted by atomic mass is 10.1. The fourth-order valence-electron chi connectivity index (χ4n) is 4.28. The number of piperazine rings is 1. The predicted molar refractivity (Wildman–Crippen MR) is 128 cm³/mol. The van der Waals surface area contributed by atoms with Gasteiger partial charge in [-0.05, 0) is 50.3 Å². The fourth-order valence-corrected chi connectivity index (χ4v) is 4.28. The first kappa shape index (κ1) is 24.0. The molecule has 2 saturated heterocycles. The van der Waals surface area contributed by atoms with Crippen LogP contribution in [0.25, 0.3) is 0 Å². The van der Waals surface area contributed by atoms with Crippen molar-refractivity contribution in [2.75, 3.05) is 66.0 Å². The maximum absolute atomic E-state index is 12.6. The van der Waals surface area contributed by atoms with Crippen LogP contribution in [0, 0.1) is 0 Å². The van der Waals surface area contributed by atoms with Gasteiger partial charge in [-0.2, -0.15) is 0 Å². The molecular weight excluding hydrogens is 404 g/mol. The summed E-state index contributed by atoms with van der Waals surface area (Å²) in [6, 6.07) is 7.71.